The number of unbranched alkanes of at least 4 members (excludes halogenated alkanes) is 2. The lowest BCUT2D eigenvalue weighted by molar-refractivity contribution is -0.136. The van der Waals surface area contributed by atoms with Crippen molar-refractivity contribution in [3.8, 4) is 0 Å². The Hall–Kier alpha value is -1.10. The molecular formula is C19H35N3O2. The highest BCUT2D eigenvalue weighted by molar-refractivity contribution is 5.80. The molecule has 0 bridgehead atoms. The number of rotatable bonds is 7. The molecule has 0 radical (unpaired) electrons. The first-order valence-corrected chi connectivity index (χ1v) is 9.88. The number of likely N-dealkylation sites (tertiary alicyclic amines) is 2. The van der Waals surface area contributed by atoms with Crippen LogP contribution in [0.25, 0.3) is 0 Å². The molecule has 0 aromatic carbocycles. The van der Waals surface area contributed by atoms with Gasteiger partial charge in [0.15, 0.2) is 0 Å². The summed E-state index contributed by atoms with van der Waals surface area (Å²) in [5.41, 5.74) is 0. The Labute approximate surface area is 147 Å². The van der Waals surface area contributed by atoms with E-state index in [0.717, 1.165) is 57.9 Å². The molecule has 5 nitrogen and oxygen atoms in total. The summed E-state index contributed by atoms with van der Waals surface area (Å²) < 4.78 is 0. The Bertz CT molecular complexity index is 397. The van der Waals surface area contributed by atoms with Crippen molar-refractivity contribution in [2.24, 2.45) is 11.8 Å². The van der Waals surface area contributed by atoms with Crippen LogP contribution in [0.5, 0.6) is 0 Å². The monoisotopic (exact) mass is 337 g/mol. The predicted octanol–water partition coefficient (Wildman–Crippen LogP) is 2.26. The average Bonchev–Trinajstić information content (AvgIpc) is 2.60. The van der Waals surface area contributed by atoms with Gasteiger partial charge in [-0.05, 0) is 51.1 Å². The van der Waals surface area contributed by atoms with Gasteiger partial charge >= 0.3 is 0 Å². The standard InChI is InChI=1S/C19H35N3O2/c1-3-4-5-10-20-19(24)17-8-13-22(14-9-17)18(23)15-21-11-6-16(2)7-12-21/h16-17H,3-15H2,1-2H3,(H,20,24). The quantitative estimate of drug-likeness (QED) is 0.725. The maximum absolute atomic E-state index is 12.5. The van der Waals surface area contributed by atoms with Gasteiger partial charge < -0.3 is 10.2 Å². The zero-order valence-corrected chi connectivity index (χ0v) is 15.6. The van der Waals surface area contributed by atoms with Crippen LogP contribution in [0, 0.1) is 11.8 Å². The summed E-state index contributed by atoms with van der Waals surface area (Å²) in [7, 11) is 0. The van der Waals surface area contributed by atoms with Gasteiger partial charge in [-0.1, -0.05) is 26.7 Å². The van der Waals surface area contributed by atoms with Gasteiger partial charge in [0.25, 0.3) is 0 Å². The molecule has 0 unspecified atom stereocenters. The number of amides is 2. The average molecular weight is 338 g/mol. The van der Waals surface area contributed by atoms with Crippen molar-refractivity contribution in [2.75, 3.05) is 39.3 Å². The summed E-state index contributed by atoms with van der Waals surface area (Å²) in [6.45, 7) is 9.36. The van der Waals surface area contributed by atoms with Crippen LogP contribution in [0.3, 0.4) is 0 Å². The number of carbonyl (C=O) groups is 2. The molecule has 138 valence electrons. The molecule has 2 aliphatic heterocycles. The zero-order chi connectivity index (χ0) is 17.4. The minimum Gasteiger partial charge on any atom is -0.356 e. The molecule has 2 saturated heterocycles. The molecule has 0 saturated carbocycles. The van der Waals surface area contributed by atoms with Gasteiger partial charge in [0, 0.05) is 25.6 Å². The highest BCUT2D eigenvalue weighted by atomic mass is 16.2. The van der Waals surface area contributed by atoms with E-state index in [1.54, 1.807) is 0 Å². The minimum atomic E-state index is 0.0894. The summed E-state index contributed by atoms with van der Waals surface area (Å²) >= 11 is 0. The van der Waals surface area contributed by atoms with Crippen LogP contribution in [0.15, 0.2) is 0 Å². The number of hydrogen-bond donors (Lipinski definition) is 1. The van der Waals surface area contributed by atoms with E-state index in [4.69, 9.17) is 0 Å². The Balaban J connectivity index is 1.64. The largest absolute Gasteiger partial charge is 0.356 e. The first kappa shape index (κ1) is 19.2. The van der Waals surface area contributed by atoms with Gasteiger partial charge in [-0.2, -0.15) is 0 Å². The van der Waals surface area contributed by atoms with Gasteiger partial charge in [-0.15, -0.1) is 0 Å². The van der Waals surface area contributed by atoms with E-state index >= 15 is 0 Å². The lowest BCUT2D eigenvalue weighted by atomic mass is 9.95. The number of piperidine rings is 2. The molecule has 2 fully saturated rings. The van der Waals surface area contributed by atoms with E-state index in [-0.39, 0.29) is 17.7 Å². The lowest BCUT2D eigenvalue weighted by Gasteiger charge is -2.35. The van der Waals surface area contributed by atoms with Crippen LogP contribution in [0.1, 0.15) is 58.8 Å². The van der Waals surface area contributed by atoms with Crippen molar-refractivity contribution < 1.29 is 9.59 Å². The molecule has 0 aliphatic carbocycles. The van der Waals surface area contributed by atoms with Crippen molar-refractivity contribution in [3.63, 3.8) is 0 Å². The molecule has 2 heterocycles. The van der Waals surface area contributed by atoms with Gasteiger partial charge in [-0.3, -0.25) is 14.5 Å². The summed E-state index contributed by atoms with van der Waals surface area (Å²) in [6, 6.07) is 0. The second-order valence-electron chi connectivity index (χ2n) is 7.61. The number of nitrogens with zero attached hydrogens (tertiary/aromatic N) is 2. The third kappa shape index (κ3) is 6.08. The lowest BCUT2D eigenvalue weighted by Crippen LogP contribution is -2.47. The van der Waals surface area contributed by atoms with E-state index < -0.39 is 0 Å². The molecule has 0 aromatic rings. The highest BCUT2D eigenvalue weighted by Crippen LogP contribution is 2.19. The maximum Gasteiger partial charge on any atom is 0.236 e. The van der Waals surface area contributed by atoms with E-state index in [2.05, 4.69) is 24.1 Å². The van der Waals surface area contributed by atoms with E-state index in [1.807, 2.05) is 4.90 Å². The van der Waals surface area contributed by atoms with Gasteiger partial charge in [-0.25, -0.2) is 0 Å². The molecule has 2 rings (SSSR count). The topological polar surface area (TPSA) is 52.7 Å². The van der Waals surface area contributed by atoms with Crippen LogP contribution in [-0.2, 0) is 9.59 Å². The fourth-order valence-corrected chi connectivity index (χ4v) is 3.63. The molecule has 24 heavy (non-hydrogen) atoms. The molecule has 2 aliphatic rings. The van der Waals surface area contributed by atoms with Crippen LogP contribution < -0.4 is 5.32 Å². The SMILES string of the molecule is CCCCCNC(=O)C1CCN(C(=O)CN2CCC(C)CC2)CC1. The molecule has 2 amide bonds. The van der Waals surface area contributed by atoms with Gasteiger partial charge in [0.2, 0.25) is 11.8 Å². The Morgan fingerprint density at radius 3 is 2.29 bits per heavy atom. The smallest absolute Gasteiger partial charge is 0.236 e. The Morgan fingerprint density at radius 2 is 1.67 bits per heavy atom. The minimum absolute atomic E-state index is 0.0894. The first-order chi connectivity index (χ1) is 11.6. The number of carbonyl (C=O) groups excluding carboxylic acids is 2. The molecule has 5 heteroatoms. The van der Waals surface area contributed by atoms with Gasteiger partial charge in [0.05, 0.1) is 6.54 Å². The molecule has 0 atom stereocenters. The first-order valence-electron chi connectivity index (χ1n) is 9.88. The Morgan fingerprint density at radius 1 is 1.00 bits per heavy atom. The van der Waals surface area contributed by atoms with Gasteiger partial charge in [0.1, 0.15) is 0 Å². The normalized spacial score (nSPS) is 21.0. The summed E-state index contributed by atoms with van der Waals surface area (Å²) in [5, 5.41) is 3.05. The Kier molecular flexibility index (Phi) is 8.03. The molecule has 1 N–H and O–H groups in total. The molecule has 0 aromatic heterocycles. The van der Waals surface area contributed by atoms with Crippen LogP contribution in [0.4, 0.5) is 0 Å². The number of hydrogen-bond acceptors (Lipinski definition) is 3. The van der Waals surface area contributed by atoms with Crippen LogP contribution in [0.2, 0.25) is 0 Å². The zero-order valence-electron chi connectivity index (χ0n) is 15.6. The van der Waals surface area contributed by atoms with E-state index in [1.165, 1.54) is 25.7 Å². The third-order valence-corrected chi connectivity index (χ3v) is 5.53. The van der Waals surface area contributed by atoms with E-state index in [9.17, 15) is 9.59 Å². The second-order valence-corrected chi connectivity index (χ2v) is 7.61. The van der Waals surface area contributed by atoms with Crippen molar-refractivity contribution in [3.05, 3.63) is 0 Å². The van der Waals surface area contributed by atoms with Crippen molar-refractivity contribution in [1.29, 1.82) is 0 Å². The number of nitrogens with one attached hydrogen (secondary N) is 1. The summed E-state index contributed by atoms with van der Waals surface area (Å²) in [4.78, 5) is 28.9. The fourth-order valence-electron chi connectivity index (χ4n) is 3.63. The van der Waals surface area contributed by atoms with Crippen molar-refractivity contribution >= 4 is 11.8 Å². The summed E-state index contributed by atoms with van der Waals surface area (Å²) in [5.74, 6) is 1.31. The third-order valence-electron chi connectivity index (χ3n) is 5.53. The predicted molar refractivity (Wildman–Crippen MR) is 96.7 cm³/mol. The van der Waals surface area contributed by atoms with Crippen LogP contribution >= 0.6 is 0 Å². The molecule has 0 spiro atoms. The summed E-state index contributed by atoms with van der Waals surface area (Å²) in [6.07, 6.45) is 7.43. The van der Waals surface area contributed by atoms with Crippen molar-refractivity contribution in [2.45, 2.75) is 58.8 Å². The molecular weight excluding hydrogens is 302 g/mol. The second kappa shape index (κ2) is 10.0. The van der Waals surface area contributed by atoms with Crippen molar-refractivity contribution in [1.82, 2.24) is 15.1 Å². The maximum atomic E-state index is 12.5. The van der Waals surface area contributed by atoms with E-state index in [0.29, 0.717) is 6.54 Å². The van der Waals surface area contributed by atoms with Crippen LogP contribution in [-0.4, -0.2) is 60.9 Å². The highest BCUT2D eigenvalue weighted by Gasteiger charge is 2.28. The fraction of sp³-hybridized carbons (Fsp3) is 0.895.